The van der Waals surface area contributed by atoms with E-state index in [1.807, 2.05) is 24.3 Å². The maximum absolute atomic E-state index is 16.3. The van der Waals surface area contributed by atoms with Gasteiger partial charge in [-0.1, -0.05) is 25.0 Å². The molecule has 2 aliphatic heterocycles. The molecule has 2 atom stereocenters. The fourth-order valence-corrected chi connectivity index (χ4v) is 6.73. The van der Waals surface area contributed by atoms with Gasteiger partial charge in [0.15, 0.2) is 17.2 Å². The molecule has 46 heavy (non-hydrogen) atoms. The minimum Gasteiger partial charge on any atom is -0.378 e. The molecule has 1 saturated heterocycles. The summed E-state index contributed by atoms with van der Waals surface area (Å²) >= 11 is 3.42. The number of benzene rings is 1. The fourth-order valence-electron chi connectivity index (χ4n) is 6.39. The molecule has 5 heterocycles. The van der Waals surface area contributed by atoms with Crippen LogP contribution >= 0.6 is 15.9 Å². The number of hydrogen-bond acceptors (Lipinski definition) is 8. The number of carbonyl (C=O) groups excluding carboxylic acids is 3. The summed E-state index contributed by atoms with van der Waals surface area (Å²) in [4.78, 5) is 54.9. The number of rotatable bonds is 4. The van der Waals surface area contributed by atoms with Crippen LogP contribution in [0.2, 0.25) is 0 Å². The van der Waals surface area contributed by atoms with Gasteiger partial charge in [-0.15, -0.1) is 0 Å². The van der Waals surface area contributed by atoms with Gasteiger partial charge in [-0.3, -0.25) is 19.1 Å². The standard InChI is InChI=1S/C34H36BrFN6O4/c1-21(43)33-26-13-24(25-16-37-22(2)38-17-25)8-10-28(26)42(40-33)18-32(45)41-19-34(36)15-29(41)30(44)14-27-23(9-11-31(35)39-27)7-5-3-4-6-12-46-20-34/h8-11,13,16-17,29H,3-7,12,14-15,18-20H2,1-2H3/t29-,34+/m0/s1. The van der Waals surface area contributed by atoms with Crippen molar-refractivity contribution in [3.05, 3.63) is 70.1 Å². The maximum Gasteiger partial charge on any atom is 0.245 e. The second-order valence-electron chi connectivity index (χ2n) is 12.3. The van der Waals surface area contributed by atoms with Gasteiger partial charge in [0.05, 0.1) is 36.8 Å². The Labute approximate surface area is 274 Å². The molecule has 0 unspecified atom stereocenters. The molecular formula is C34H36BrFN6O4. The van der Waals surface area contributed by atoms with E-state index in [0.717, 1.165) is 48.8 Å². The molecule has 0 aliphatic carbocycles. The molecule has 2 bridgehead atoms. The number of carbonyl (C=O) groups is 3. The summed E-state index contributed by atoms with van der Waals surface area (Å²) in [5.41, 5.74) is 2.13. The Morgan fingerprint density at radius 2 is 1.87 bits per heavy atom. The Hall–Kier alpha value is -3.90. The average Bonchev–Trinajstić information content (AvgIpc) is 3.57. The van der Waals surface area contributed by atoms with Gasteiger partial charge in [0, 0.05) is 43.3 Å². The summed E-state index contributed by atoms with van der Waals surface area (Å²) in [5.74, 6) is -0.343. The number of amides is 1. The van der Waals surface area contributed by atoms with Crippen LogP contribution in [0.1, 0.15) is 66.6 Å². The smallest absolute Gasteiger partial charge is 0.245 e. The first-order valence-electron chi connectivity index (χ1n) is 15.6. The number of fused-ring (bicyclic) bond motifs is 4. The van der Waals surface area contributed by atoms with E-state index >= 15 is 4.39 Å². The number of alkyl halides is 1. The lowest BCUT2D eigenvalue weighted by Gasteiger charge is -2.24. The molecule has 10 nitrogen and oxygen atoms in total. The van der Waals surface area contributed by atoms with E-state index < -0.39 is 17.6 Å². The summed E-state index contributed by atoms with van der Waals surface area (Å²) in [6.45, 7) is 2.93. The summed E-state index contributed by atoms with van der Waals surface area (Å²) in [7, 11) is 0. The molecule has 4 aromatic rings. The summed E-state index contributed by atoms with van der Waals surface area (Å²) in [6.07, 6.45) is 7.78. The largest absolute Gasteiger partial charge is 0.378 e. The Kier molecular flexibility index (Phi) is 9.37. The Bertz CT molecular complexity index is 1790. The zero-order chi connectivity index (χ0) is 32.4. The van der Waals surface area contributed by atoms with Crippen molar-refractivity contribution in [1.82, 2.24) is 29.6 Å². The summed E-state index contributed by atoms with van der Waals surface area (Å²) in [6, 6.07) is 8.34. The van der Waals surface area contributed by atoms with Gasteiger partial charge < -0.3 is 9.64 Å². The number of likely N-dealkylation sites (tertiary alicyclic amines) is 1. The van der Waals surface area contributed by atoms with E-state index in [1.54, 1.807) is 25.4 Å². The lowest BCUT2D eigenvalue weighted by Crippen LogP contribution is -2.43. The van der Waals surface area contributed by atoms with Crippen LogP contribution < -0.4 is 0 Å². The third-order valence-electron chi connectivity index (χ3n) is 8.79. The van der Waals surface area contributed by atoms with Crippen molar-refractivity contribution in [3.8, 4) is 11.1 Å². The highest BCUT2D eigenvalue weighted by atomic mass is 79.9. The van der Waals surface area contributed by atoms with Crippen molar-refractivity contribution < 1.29 is 23.5 Å². The fraction of sp³-hybridized carbons (Fsp3) is 0.441. The summed E-state index contributed by atoms with van der Waals surface area (Å²) in [5, 5.41) is 5.08. The number of nitrogens with zero attached hydrogens (tertiary/aromatic N) is 6. The van der Waals surface area contributed by atoms with Crippen LogP contribution in [-0.4, -0.2) is 78.6 Å². The van der Waals surface area contributed by atoms with E-state index in [0.29, 0.717) is 33.6 Å². The molecule has 3 aromatic heterocycles. The molecule has 6 rings (SSSR count). The third-order valence-corrected chi connectivity index (χ3v) is 9.23. The minimum absolute atomic E-state index is 0.00908. The SMILES string of the molecule is CC(=O)c1nn(CC(=O)N2C[C@@]3(F)COCCCCCCc4ccc(Br)nc4CC(=O)[C@@H]2C3)c2ccc(-c3cnc(C)nc3)cc12. The highest BCUT2D eigenvalue weighted by molar-refractivity contribution is 9.10. The molecule has 240 valence electrons. The number of ether oxygens (including phenoxy) is 1. The lowest BCUT2D eigenvalue weighted by atomic mass is 9.96. The topological polar surface area (TPSA) is 120 Å². The van der Waals surface area contributed by atoms with Crippen molar-refractivity contribution >= 4 is 44.3 Å². The van der Waals surface area contributed by atoms with Crippen LogP contribution in [0, 0.1) is 6.92 Å². The van der Waals surface area contributed by atoms with Gasteiger partial charge >= 0.3 is 0 Å². The number of ketones is 2. The summed E-state index contributed by atoms with van der Waals surface area (Å²) < 4.78 is 24.1. The molecule has 2 aliphatic rings. The first-order chi connectivity index (χ1) is 22.1. The van der Waals surface area contributed by atoms with Gasteiger partial charge in [0.1, 0.15) is 22.7 Å². The van der Waals surface area contributed by atoms with Crippen molar-refractivity contribution in [2.24, 2.45) is 0 Å². The van der Waals surface area contributed by atoms with Crippen LogP contribution in [0.3, 0.4) is 0 Å². The molecule has 12 heteroatoms. The molecule has 0 spiro atoms. The molecule has 0 N–H and O–H groups in total. The van der Waals surface area contributed by atoms with E-state index in [1.165, 1.54) is 16.5 Å². The van der Waals surface area contributed by atoms with E-state index in [4.69, 9.17) is 4.74 Å². The number of halogens is 2. The lowest BCUT2D eigenvalue weighted by molar-refractivity contribution is -0.138. The van der Waals surface area contributed by atoms with Crippen LogP contribution in [0.5, 0.6) is 0 Å². The van der Waals surface area contributed by atoms with Gasteiger partial charge in [0.25, 0.3) is 0 Å². The quantitative estimate of drug-likeness (QED) is 0.206. The number of aryl methyl sites for hydroxylation is 2. The number of aromatic nitrogens is 5. The Balaban J connectivity index is 1.30. The Morgan fingerprint density at radius 1 is 1.09 bits per heavy atom. The minimum atomic E-state index is -1.87. The normalized spacial score (nSPS) is 21.1. The van der Waals surface area contributed by atoms with E-state index in [9.17, 15) is 14.4 Å². The van der Waals surface area contributed by atoms with Gasteiger partial charge in [-0.2, -0.15) is 5.10 Å². The Morgan fingerprint density at radius 3 is 2.65 bits per heavy atom. The molecule has 0 radical (unpaired) electrons. The average molecular weight is 692 g/mol. The highest BCUT2D eigenvalue weighted by Crippen LogP contribution is 2.34. The van der Waals surface area contributed by atoms with Crippen LogP contribution in [-0.2, 0) is 33.7 Å². The van der Waals surface area contributed by atoms with Crippen LogP contribution in [0.4, 0.5) is 4.39 Å². The molecule has 0 saturated carbocycles. The van der Waals surface area contributed by atoms with E-state index in [-0.39, 0.29) is 49.8 Å². The predicted octanol–water partition coefficient (Wildman–Crippen LogP) is 5.42. The number of hydrogen-bond donors (Lipinski definition) is 0. The maximum atomic E-state index is 16.3. The van der Waals surface area contributed by atoms with Crippen molar-refractivity contribution in [1.29, 1.82) is 0 Å². The highest BCUT2D eigenvalue weighted by Gasteiger charge is 2.49. The molecule has 1 aromatic carbocycles. The van der Waals surface area contributed by atoms with E-state index in [2.05, 4.69) is 36.0 Å². The molecule has 1 amide bonds. The first-order valence-corrected chi connectivity index (χ1v) is 16.4. The molecular weight excluding hydrogens is 655 g/mol. The van der Waals surface area contributed by atoms with Crippen LogP contribution in [0.15, 0.2) is 47.3 Å². The van der Waals surface area contributed by atoms with Gasteiger partial charge in [-0.25, -0.2) is 19.3 Å². The number of pyridine rings is 1. The van der Waals surface area contributed by atoms with Crippen molar-refractivity contribution in [2.45, 2.75) is 77.0 Å². The van der Waals surface area contributed by atoms with Crippen molar-refractivity contribution in [2.75, 3.05) is 19.8 Å². The zero-order valence-corrected chi connectivity index (χ0v) is 27.6. The zero-order valence-electron chi connectivity index (χ0n) is 26.0. The van der Waals surface area contributed by atoms with Crippen LogP contribution in [0.25, 0.3) is 22.0 Å². The first kappa shape index (κ1) is 32.1. The molecule has 1 fully saturated rings. The third kappa shape index (κ3) is 6.92. The van der Waals surface area contributed by atoms with Gasteiger partial charge in [-0.05, 0) is 71.4 Å². The van der Waals surface area contributed by atoms with Crippen molar-refractivity contribution in [3.63, 3.8) is 0 Å². The second kappa shape index (κ2) is 13.4. The van der Waals surface area contributed by atoms with Gasteiger partial charge in [0.2, 0.25) is 5.91 Å². The second-order valence-corrected chi connectivity index (χ2v) is 13.1. The number of Topliss-reactive ketones (excluding diaryl/α,β-unsaturated/α-hetero) is 2. The monoisotopic (exact) mass is 690 g/mol. The predicted molar refractivity (Wildman–Crippen MR) is 173 cm³/mol.